The zero-order chi connectivity index (χ0) is 16.2. The summed E-state index contributed by atoms with van der Waals surface area (Å²) in [4.78, 5) is 13.1. The van der Waals surface area contributed by atoms with Gasteiger partial charge in [0, 0.05) is 5.75 Å². The average Bonchev–Trinajstić information content (AvgIpc) is 2.58. The molecule has 23 heavy (non-hydrogen) atoms. The molecule has 0 saturated heterocycles. The number of aryl methyl sites for hydroxylation is 1. The molecule has 0 unspecified atom stereocenters. The van der Waals surface area contributed by atoms with Gasteiger partial charge in [0.1, 0.15) is 5.02 Å². The van der Waals surface area contributed by atoms with Crippen LogP contribution in [0.15, 0.2) is 70.5 Å². The Bertz CT molecular complexity index is 878. The minimum Gasteiger partial charge on any atom is -0.266 e. The number of hydrogen-bond donors (Lipinski definition) is 0. The summed E-state index contributed by atoms with van der Waals surface area (Å²) in [5, 5.41) is 4.45. The quantitative estimate of drug-likeness (QED) is 0.655. The highest BCUT2D eigenvalue weighted by molar-refractivity contribution is 7.98. The Balaban J connectivity index is 1.87. The molecule has 0 N–H and O–H groups in total. The zero-order valence-corrected chi connectivity index (χ0v) is 14.1. The first-order valence-electron chi connectivity index (χ1n) is 7.17. The molecule has 1 aromatic heterocycles. The summed E-state index contributed by atoms with van der Waals surface area (Å²) in [6.45, 7) is 2.07. The summed E-state index contributed by atoms with van der Waals surface area (Å²) in [5.41, 5.74) is 2.85. The second-order valence-electron chi connectivity index (χ2n) is 5.09. The van der Waals surface area contributed by atoms with E-state index in [9.17, 15) is 4.79 Å². The van der Waals surface area contributed by atoms with Crippen molar-refractivity contribution in [1.82, 2.24) is 9.78 Å². The molecule has 5 heteroatoms. The fourth-order valence-electron chi connectivity index (χ4n) is 2.20. The van der Waals surface area contributed by atoms with Crippen LogP contribution in [0.3, 0.4) is 0 Å². The number of halogens is 1. The Kier molecular flexibility index (Phi) is 4.84. The normalized spacial score (nSPS) is 10.7. The van der Waals surface area contributed by atoms with Gasteiger partial charge in [-0.3, -0.25) is 4.79 Å². The van der Waals surface area contributed by atoms with Crippen molar-refractivity contribution in [2.24, 2.45) is 0 Å². The van der Waals surface area contributed by atoms with Gasteiger partial charge in [-0.15, -0.1) is 11.8 Å². The molecule has 3 aromatic rings. The first kappa shape index (κ1) is 15.8. The largest absolute Gasteiger partial charge is 0.291 e. The van der Waals surface area contributed by atoms with Gasteiger partial charge in [-0.2, -0.15) is 9.78 Å². The van der Waals surface area contributed by atoms with Crippen LogP contribution in [0.4, 0.5) is 0 Å². The Morgan fingerprint density at radius 3 is 2.52 bits per heavy atom. The van der Waals surface area contributed by atoms with E-state index in [4.69, 9.17) is 11.6 Å². The van der Waals surface area contributed by atoms with Gasteiger partial charge in [0.2, 0.25) is 0 Å². The van der Waals surface area contributed by atoms with E-state index in [2.05, 4.69) is 24.2 Å². The first-order valence-corrected chi connectivity index (χ1v) is 8.54. The summed E-state index contributed by atoms with van der Waals surface area (Å²) < 4.78 is 1.32. The van der Waals surface area contributed by atoms with Crippen molar-refractivity contribution in [3.63, 3.8) is 0 Å². The van der Waals surface area contributed by atoms with Gasteiger partial charge in [-0.25, -0.2) is 0 Å². The van der Waals surface area contributed by atoms with Crippen LogP contribution in [0.2, 0.25) is 5.02 Å². The molecule has 0 amide bonds. The molecule has 0 aliphatic carbocycles. The molecule has 0 bridgehead atoms. The van der Waals surface area contributed by atoms with Crippen molar-refractivity contribution in [2.75, 3.05) is 0 Å². The maximum Gasteiger partial charge on any atom is 0.291 e. The van der Waals surface area contributed by atoms with E-state index in [1.807, 2.05) is 42.5 Å². The second kappa shape index (κ2) is 7.02. The maximum atomic E-state index is 12.4. The highest BCUT2D eigenvalue weighted by Gasteiger charge is 2.11. The lowest BCUT2D eigenvalue weighted by Gasteiger charge is -2.09. The molecule has 3 nitrogen and oxygen atoms in total. The molecule has 0 fully saturated rings. The molecular formula is C18H15ClN2OS. The number of nitrogens with zero attached hydrogens (tertiary/aromatic N) is 2. The van der Waals surface area contributed by atoms with E-state index >= 15 is 0 Å². The predicted molar refractivity (Wildman–Crippen MR) is 95.6 cm³/mol. The minimum absolute atomic E-state index is 0.211. The third-order valence-corrected chi connectivity index (χ3v) is 5.09. The molecule has 0 radical (unpaired) electrons. The van der Waals surface area contributed by atoms with E-state index in [0.717, 1.165) is 5.75 Å². The van der Waals surface area contributed by atoms with Crippen molar-refractivity contribution in [3.8, 4) is 5.69 Å². The number of para-hydroxylation sites is 1. The smallest absolute Gasteiger partial charge is 0.266 e. The molecule has 0 spiro atoms. The van der Waals surface area contributed by atoms with Gasteiger partial charge in [0.25, 0.3) is 5.56 Å². The topological polar surface area (TPSA) is 34.9 Å². The van der Waals surface area contributed by atoms with E-state index < -0.39 is 0 Å². The van der Waals surface area contributed by atoms with Crippen LogP contribution < -0.4 is 5.56 Å². The van der Waals surface area contributed by atoms with Crippen LogP contribution in [0, 0.1) is 6.92 Å². The predicted octanol–water partition coefficient (Wildman–Crippen LogP) is 4.49. The van der Waals surface area contributed by atoms with Gasteiger partial charge in [0.15, 0.2) is 0 Å². The van der Waals surface area contributed by atoms with Gasteiger partial charge in [0.05, 0.1) is 16.8 Å². The Morgan fingerprint density at radius 1 is 1.09 bits per heavy atom. The standard InChI is InChI=1S/C18H15ClN2OS/c1-13-7-5-6-8-14(13)12-23-16-11-20-21(18(22)17(16)19)15-9-3-2-4-10-15/h2-11H,12H2,1H3. The van der Waals surface area contributed by atoms with Crippen molar-refractivity contribution < 1.29 is 0 Å². The fraction of sp³-hybridized carbons (Fsp3) is 0.111. The minimum atomic E-state index is -0.298. The summed E-state index contributed by atoms with van der Waals surface area (Å²) in [6.07, 6.45) is 1.65. The second-order valence-corrected chi connectivity index (χ2v) is 6.49. The van der Waals surface area contributed by atoms with E-state index in [1.165, 1.54) is 27.6 Å². The molecule has 0 aliphatic heterocycles. The first-order chi connectivity index (χ1) is 11.2. The zero-order valence-electron chi connectivity index (χ0n) is 12.6. The lowest BCUT2D eigenvalue weighted by atomic mass is 10.1. The summed E-state index contributed by atoms with van der Waals surface area (Å²) in [7, 11) is 0. The van der Waals surface area contributed by atoms with Crippen molar-refractivity contribution >= 4 is 23.4 Å². The molecule has 0 atom stereocenters. The number of hydrogen-bond acceptors (Lipinski definition) is 3. The van der Waals surface area contributed by atoms with Crippen LogP contribution in [0.5, 0.6) is 0 Å². The summed E-state index contributed by atoms with van der Waals surface area (Å²) >= 11 is 7.78. The number of thioether (sulfide) groups is 1. The van der Waals surface area contributed by atoms with Crippen LogP contribution in [0.25, 0.3) is 5.69 Å². The molecule has 0 saturated carbocycles. The molecule has 1 heterocycles. The van der Waals surface area contributed by atoms with Gasteiger partial charge in [-0.05, 0) is 30.2 Å². The highest BCUT2D eigenvalue weighted by atomic mass is 35.5. The number of rotatable bonds is 4. The van der Waals surface area contributed by atoms with Gasteiger partial charge >= 0.3 is 0 Å². The monoisotopic (exact) mass is 342 g/mol. The Morgan fingerprint density at radius 2 is 1.78 bits per heavy atom. The maximum absolute atomic E-state index is 12.4. The molecule has 0 aliphatic rings. The van der Waals surface area contributed by atoms with Crippen LogP contribution in [-0.4, -0.2) is 9.78 Å². The van der Waals surface area contributed by atoms with Gasteiger partial charge < -0.3 is 0 Å². The number of benzene rings is 2. The highest BCUT2D eigenvalue weighted by Crippen LogP contribution is 2.28. The third-order valence-electron chi connectivity index (χ3n) is 3.53. The third kappa shape index (κ3) is 3.49. The van der Waals surface area contributed by atoms with Crippen molar-refractivity contribution in [2.45, 2.75) is 17.6 Å². The summed E-state index contributed by atoms with van der Waals surface area (Å²) in [5.74, 6) is 0.753. The lowest BCUT2D eigenvalue weighted by molar-refractivity contribution is 0.791. The Hall–Kier alpha value is -2.04. The van der Waals surface area contributed by atoms with Gasteiger partial charge in [-0.1, -0.05) is 54.1 Å². The average molecular weight is 343 g/mol. The van der Waals surface area contributed by atoms with Crippen molar-refractivity contribution in [1.29, 1.82) is 0 Å². The summed E-state index contributed by atoms with van der Waals surface area (Å²) in [6, 6.07) is 17.4. The van der Waals surface area contributed by atoms with E-state index in [-0.39, 0.29) is 10.6 Å². The van der Waals surface area contributed by atoms with E-state index in [1.54, 1.807) is 6.20 Å². The molecular weight excluding hydrogens is 328 g/mol. The number of aromatic nitrogens is 2. The molecule has 3 rings (SSSR count). The van der Waals surface area contributed by atoms with Crippen molar-refractivity contribution in [3.05, 3.63) is 87.3 Å². The fourth-order valence-corrected chi connectivity index (χ4v) is 3.46. The van der Waals surface area contributed by atoms with Crippen LogP contribution in [-0.2, 0) is 5.75 Å². The molecule has 116 valence electrons. The van der Waals surface area contributed by atoms with Crippen LogP contribution >= 0.6 is 23.4 Å². The van der Waals surface area contributed by atoms with Crippen LogP contribution in [0.1, 0.15) is 11.1 Å². The van der Waals surface area contributed by atoms with E-state index in [0.29, 0.717) is 10.6 Å². The lowest BCUT2D eigenvalue weighted by Crippen LogP contribution is -2.21. The molecule has 2 aromatic carbocycles. The Labute approximate surface area is 143 Å². The SMILES string of the molecule is Cc1ccccc1CSc1cnn(-c2ccccc2)c(=O)c1Cl.